The lowest BCUT2D eigenvalue weighted by atomic mass is 9.96. The number of piperidine rings is 1. The second-order valence-electron chi connectivity index (χ2n) is 7.63. The molecule has 1 saturated heterocycles. The normalized spacial score (nSPS) is 17.7. The Labute approximate surface area is 156 Å². The Morgan fingerprint density at radius 2 is 1.81 bits per heavy atom. The number of aromatic nitrogens is 4. The third-order valence-corrected chi connectivity index (χ3v) is 5.79. The number of aromatic amines is 1. The summed E-state index contributed by atoms with van der Waals surface area (Å²) < 4.78 is 2.69. The molecular weight excluding hydrogens is 346 g/mol. The number of H-pyrrole nitrogens is 1. The van der Waals surface area contributed by atoms with Crippen molar-refractivity contribution in [3.63, 3.8) is 0 Å². The maximum absolute atomic E-state index is 12.4. The number of nitrogens with zero attached hydrogens (tertiary/aromatic N) is 4. The van der Waals surface area contributed by atoms with Crippen molar-refractivity contribution in [1.82, 2.24) is 19.3 Å². The van der Waals surface area contributed by atoms with Crippen LogP contribution in [0.25, 0.3) is 0 Å². The Bertz CT molecular complexity index is 980. The lowest BCUT2D eigenvalue weighted by Gasteiger charge is -2.33. The highest BCUT2D eigenvalue weighted by Gasteiger charge is 2.22. The summed E-state index contributed by atoms with van der Waals surface area (Å²) in [4.78, 5) is 40.8. The van der Waals surface area contributed by atoms with E-state index >= 15 is 0 Å². The number of aryl methyl sites for hydroxylation is 2. The van der Waals surface area contributed by atoms with Gasteiger partial charge in [-0.25, -0.2) is 9.48 Å². The van der Waals surface area contributed by atoms with E-state index in [4.69, 9.17) is 0 Å². The van der Waals surface area contributed by atoms with E-state index in [1.807, 2.05) is 4.90 Å². The van der Waals surface area contributed by atoms with Crippen LogP contribution in [-0.4, -0.2) is 32.4 Å². The van der Waals surface area contributed by atoms with Crippen molar-refractivity contribution in [2.75, 3.05) is 18.0 Å². The first kappa shape index (κ1) is 17.8. The summed E-state index contributed by atoms with van der Waals surface area (Å²) in [6.45, 7) is 2.12. The molecule has 0 atom stereocenters. The van der Waals surface area contributed by atoms with Crippen molar-refractivity contribution in [3.8, 4) is 0 Å². The van der Waals surface area contributed by atoms with Crippen LogP contribution in [0.15, 0.2) is 26.5 Å². The van der Waals surface area contributed by atoms with Crippen LogP contribution in [-0.2, 0) is 26.4 Å². The van der Waals surface area contributed by atoms with Gasteiger partial charge in [0.05, 0.1) is 5.69 Å². The van der Waals surface area contributed by atoms with Crippen molar-refractivity contribution in [2.24, 2.45) is 13.0 Å². The number of rotatable bonds is 3. The average molecular weight is 371 g/mol. The predicted molar refractivity (Wildman–Crippen MR) is 102 cm³/mol. The minimum absolute atomic E-state index is 0.00559. The first-order valence-electron chi connectivity index (χ1n) is 9.66. The van der Waals surface area contributed by atoms with Gasteiger partial charge >= 0.3 is 5.69 Å². The fourth-order valence-corrected chi connectivity index (χ4v) is 4.05. The minimum Gasteiger partial charge on any atom is -0.358 e. The van der Waals surface area contributed by atoms with Gasteiger partial charge in [0.2, 0.25) is 0 Å². The zero-order valence-electron chi connectivity index (χ0n) is 15.6. The molecule has 3 heterocycles. The third kappa shape index (κ3) is 3.61. The van der Waals surface area contributed by atoms with Crippen LogP contribution in [0.4, 0.5) is 5.82 Å². The summed E-state index contributed by atoms with van der Waals surface area (Å²) in [6, 6.07) is 3.23. The molecule has 1 N–H and O–H groups in total. The SMILES string of the molecule is Cn1c(=O)cc(N2CCC(Cn3nc4c(cc3=O)CCCC4)CC2)[nH]c1=O. The second-order valence-corrected chi connectivity index (χ2v) is 7.63. The van der Waals surface area contributed by atoms with E-state index in [9.17, 15) is 14.4 Å². The third-order valence-electron chi connectivity index (χ3n) is 5.79. The largest absolute Gasteiger partial charge is 0.358 e. The van der Waals surface area contributed by atoms with Crippen LogP contribution in [0.3, 0.4) is 0 Å². The van der Waals surface area contributed by atoms with Gasteiger partial charge in [-0.05, 0) is 50.0 Å². The van der Waals surface area contributed by atoms with Gasteiger partial charge < -0.3 is 4.90 Å². The summed E-state index contributed by atoms with van der Waals surface area (Å²) >= 11 is 0. The lowest BCUT2D eigenvalue weighted by Crippen LogP contribution is -2.40. The molecule has 1 aliphatic carbocycles. The van der Waals surface area contributed by atoms with E-state index < -0.39 is 5.69 Å². The van der Waals surface area contributed by atoms with E-state index in [1.165, 1.54) is 13.1 Å². The molecule has 2 aromatic rings. The molecule has 2 aliphatic rings. The van der Waals surface area contributed by atoms with Crippen LogP contribution in [0.5, 0.6) is 0 Å². The van der Waals surface area contributed by atoms with E-state index in [1.54, 1.807) is 10.7 Å². The van der Waals surface area contributed by atoms with Gasteiger partial charge in [-0.1, -0.05) is 0 Å². The van der Waals surface area contributed by atoms with Gasteiger partial charge in [0.15, 0.2) is 0 Å². The topological polar surface area (TPSA) is 93.0 Å². The van der Waals surface area contributed by atoms with Crippen molar-refractivity contribution in [2.45, 2.75) is 45.1 Å². The van der Waals surface area contributed by atoms with Crippen molar-refractivity contribution >= 4 is 5.82 Å². The second kappa shape index (κ2) is 7.17. The molecular formula is C19H25N5O3. The van der Waals surface area contributed by atoms with Gasteiger partial charge in [-0.2, -0.15) is 5.10 Å². The highest BCUT2D eigenvalue weighted by Crippen LogP contribution is 2.22. The summed E-state index contributed by atoms with van der Waals surface area (Å²) in [5, 5.41) is 4.62. The first-order chi connectivity index (χ1) is 13.0. The van der Waals surface area contributed by atoms with Gasteiger partial charge in [0.1, 0.15) is 5.82 Å². The highest BCUT2D eigenvalue weighted by molar-refractivity contribution is 5.37. The predicted octanol–water partition coefficient (Wildman–Crippen LogP) is 0.426. The number of fused-ring (bicyclic) bond motifs is 1. The molecule has 144 valence electrons. The Kier molecular flexibility index (Phi) is 4.72. The van der Waals surface area contributed by atoms with Crippen molar-refractivity contribution in [3.05, 3.63) is 54.6 Å². The number of nitrogens with one attached hydrogen (secondary N) is 1. The van der Waals surface area contributed by atoms with Crippen LogP contribution >= 0.6 is 0 Å². The molecule has 0 saturated carbocycles. The van der Waals surface area contributed by atoms with Crippen molar-refractivity contribution in [1.29, 1.82) is 0 Å². The summed E-state index contributed by atoms with van der Waals surface area (Å²) in [6.07, 6.45) is 5.99. The lowest BCUT2D eigenvalue weighted by molar-refractivity contribution is 0.331. The van der Waals surface area contributed by atoms with Crippen LogP contribution in [0.2, 0.25) is 0 Å². The highest BCUT2D eigenvalue weighted by atomic mass is 16.2. The molecule has 0 aromatic carbocycles. The Morgan fingerprint density at radius 3 is 2.56 bits per heavy atom. The van der Waals surface area contributed by atoms with E-state index in [2.05, 4.69) is 10.1 Å². The molecule has 1 aliphatic heterocycles. The van der Waals surface area contributed by atoms with E-state index in [-0.39, 0.29) is 11.1 Å². The van der Waals surface area contributed by atoms with Crippen LogP contribution in [0, 0.1) is 5.92 Å². The fraction of sp³-hybridized carbons (Fsp3) is 0.579. The van der Waals surface area contributed by atoms with Crippen molar-refractivity contribution < 1.29 is 0 Å². The quantitative estimate of drug-likeness (QED) is 0.844. The first-order valence-corrected chi connectivity index (χ1v) is 9.66. The van der Waals surface area contributed by atoms with Crippen LogP contribution in [0.1, 0.15) is 36.9 Å². The maximum Gasteiger partial charge on any atom is 0.329 e. The molecule has 8 heteroatoms. The van der Waals surface area contributed by atoms with Gasteiger partial charge in [0.25, 0.3) is 11.1 Å². The van der Waals surface area contributed by atoms with Gasteiger partial charge in [0, 0.05) is 38.8 Å². The van der Waals surface area contributed by atoms with Crippen LogP contribution < -0.4 is 21.7 Å². The molecule has 0 spiro atoms. The molecule has 0 radical (unpaired) electrons. The summed E-state index contributed by atoms with van der Waals surface area (Å²) in [7, 11) is 1.46. The molecule has 8 nitrogen and oxygen atoms in total. The molecule has 27 heavy (non-hydrogen) atoms. The number of hydrogen-bond donors (Lipinski definition) is 1. The monoisotopic (exact) mass is 371 g/mol. The Balaban J connectivity index is 1.44. The summed E-state index contributed by atoms with van der Waals surface area (Å²) in [5.41, 5.74) is 1.49. The molecule has 0 amide bonds. The zero-order valence-corrected chi connectivity index (χ0v) is 15.6. The smallest absolute Gasteiger partial charge is 0.329 e. The molecule has 0 bridgehead atoms. The number of hydrogen-bond acceptors (Lipinski definition) is 5. The maximum atomic E-state index is 12.4. The Hall–Kier alpha value is -2.64. The molecule has 0 unspecified atom stereocenters. The fourth-order valence-electron chi connectivity index (χ4n) is 4.05. The van der Waals surface area contributed by atoms with Gasteiger partial charge in [-0.3, -0.25) is 19.1 Å². The standard InChI is InChI=1S/C19H25N5O3/c1-22-17(25)11-16(20-19(22)27)23-8-6-13(7-9-23)12-24-18(26)10-14-4-2-3-5-15(14)21-24/h10-11,13H,2-9,12H2,1H3,(H,20,27). The molecule has 1 fully saturated rings. The number of anilines is 1. The van der Waals surface area contributed by atoms with E-state index in [0.29, 0.717) is 18.3 Å². The Morgan fingerprint density at radius 1 is 1.07 bits per heavy atom. The zero-order chi connectivity index (χ0) is 19.0. The molecule has 2 aromatic heterocycles. The molecule has 4 rings (SSSR count). The van der Waals surface area contributed by atoms with E-state index in [0.717, 1.165) is 67.4 Å². The minimum atomic E-state index is -0.399. The van der Waals surface area contributed by atoms with Gasteiger partial charge in [-0.15, -0.1) is 0 Å². The summed E-state index contributed by atoms with van der Waals surface area (Å²) in [5.74, 6) is 0.942. The average Bonchev–Trinajstić information content (AvgIpc) is 2.67.